The summed E-state index contributed by atoms with van der Waals surface area (Å²) in [5, 5.41) is 20.7. The topological polar surface area (TPSA) is 77.1 Å². The second kappa shape index (κ2) is 3.71. The Bertz CT molecular complexity index is 598. The molecule has 0 saturated carbocycles. The fraction of sp³-hybridized carbons (Fsp3) is 0.100. The molecule has 16 heavy (non-hydrogen) atoms. The van der Waals surface area contributed by atoms with E-state index in [9.17, 15) is 10.0 Å². The van der Waals surface area contributed by atoms with Crippen molar-refractivity contribution >= 4 is 32.9 Å². The van der Waals surface area contributed by atoms with Crippen LogP contribution in [0.1, 0.15) is 16.2 Å². The molecule has 0 unspecified atom stereocenters. The number of rotatable bonds is 1. The third kappa shape index (κ3) is 1.61. The number of benzene rings is 1. The number of aromatic nitrogens is 2. The number of aromatic carboxylic acids is 1. The Kier molecular flexibility index (Phi) is 2.51. The molecule has 0 fully saturated rings. The number of nitrogens with zero attached hydrogens (tertiary/aromatic N) is 2. The molecule has 0 saturated heterocycles. The molecule has 6 heteroatoms. The lowest BCUT2D eigenvalue weighted by molar-refractivity contribution is -0.584. The smallest absolute Gasteiger partial charge is 0.361 e. The lowest BCUT2D eigenvalue weighted by Crippen LogP contribution is -2.34. The van der Waals surface area contributed by atoms with Gasteiger partial charge in [0.05, 0.1) is 0 Å². The fourth-order valence-electron chi connectivity index (χ4n) is 1.44. The molecule has 1 N–H and O–H groups in total. The van der Waals surface area contributed by atoms with Crippen molar-refractivity contribution in [3.63, 3.8) is 0 Å². The van der Waals surface area contributed by atoms with E-state index < -0.39 is 5.97 Å². The van der Waals surface area contributed by atoms with Crippen LogP contribution in [0.3, 0.4) is 0 Å². The van der Waals surface area contributed by atoms with Crippen molar-refractivity contribution in [1.29, 1.82) is 0 Å². The predicted molar refractivity (Wildman–Crippen MR) is 60.1 cm³/mol. The molecule has 82 valence electrons. The molecule has 2 aromatic rings. The van der Waals surface area contributed by atoms with Crippen molar-refractivity contribution in [3.8, 4) is 0 Å². The van der Waals surface area contributed by atoms with Gasteiger partial charge in [0.2, 0.25) is 16.9 Å². The molecular weight excluding hydrogens is 276 g/mol. The molecule has 2 rings (SSSR count). The Morgan fingerprint density at radius 3 is 2.88 bits per heavy atom. The van der Waals surface area contributed by atoms with Crippen molar-refractivity contribution < 1.29 is 14.6 Å². The molecule has 0 radical (unpaired) electrons. The Hall–Kier alpha value is -1.69. The van der Waals surface area contributed by atoms with Crippen molar-refractivity contribution in [2.24, 2.45) is 0 Å². The molecule has 0 bridgehead atoms. The summed E-state index contributed by atoms with van der Waals surface area (Å²) in [7, 11) is 0. The van der Waals surface area contributed by atoms with E-state index in [4.69, 9.17) is 5.11 Å². The molecule has 1 heterocycles. The number of carbonyl (C=O) groups is 1. The standard InChI is InChI=1S/C10H7BrN2O3/c1-5-9(10(14)15)12-7-4-6(11)2-3-8(7)13(5)16/h2-4H,1H3,(H,14,15). The van der Waals surface area contributed by atoms with Crippen LogP contribution in [-0.4, -0.2) is 16.1 Å². The Labute approximate surface area is 99.1 Å². The van der Waals surface area contributed by atoms with Gasteiger partial charge in [-0.3, -0.25) is 0 Å². The Morgan fingerprint density at radius 1 is 1.56 bits per heavy atom. The van der Waals surface area contributed by atoms with E-state index in [0.29, 0.717) is 15.8 Å². The van der Waals surface area contributed by atoms with Gasteiger partial charge in [0, 0.05) is 17.5 Å². The van der Waals surface area contributed by atoms with Gasteiger partial charge in [0.15, 0.2) is 0 Å². The maximum atomic E-state index is 11.8. The average molecular weight is 283 g/mol. The first-order valence-corrected chi connectivity index (χ1v) is 5.22. The van der Waals surface area contributed by atoms with Crippen molar-refractivity contribution in [3.05, 3.63) is 39.3 Å². The maximum Gasteiger partial charge on any atom is 0.361 e. The van der Waals surface area contributed by atoms with Crippen LogP contribution in [0.2, 0.25) is 0 Å². The first kappa shape index (κ1) is 10.8. The SMILES string of the molecule is Cc1c(C(=O)O)nc2cc(Br)ccc2[n+]1[O-]. The van der Waals surface area contributed by atoms with E-state index in [-0.39, 0.29) is 11.4 Å². The monoisotopic (exact) mass is 282 g/mol. The first-order valence-electron chi connectivity index (χ1n) is 4.43. The van der Waals surface area contributed by atoms with E-state index in [0.717, 1.165) is 4.47 Å². The van der Waals surface area contributed by atoms with Crippen LogP contribution < -0.4 is 4.73 Å². The van der Waals surface area contributed by atoms with Gasteiger partial charge in [0.25, 0.3) is 0 Å². The van der Waals surface area contributed by atoms with Gasteiger partial charge in [-0.1, -0.05) is 15.9 Å². The second-order valence-corrected chi connectivity index (χ2v) is 4.19. The molecule has 0 aliphatic heterocycles. The summed E-state index contributed by atoms with van der Waals surface area (Å²) in [5.74, 6) is -1.20. The van der Waals surface area contributed by atoms with Crippen molar-refractivity contribution in [2.75, 3.05) is 0 Å². The fourth-order valence-corrected chi connectivity index (χ4v) is 1.79. The third-order valence-corrected chi connectivity index (χ3v) is 2.73. The lowest BCUT2D eigenvalue weighted by atomic mass is 10.2. The van der Waals surface area contributed by atoms with Crippen LogP contribution in [0.25, 0.3) is 11.0 Å². The van der Waals surface area contributed by atoms with Crippen molar-refractivity contribution in [2.45, 2.75) is 6.92 Å². The minimum absolute atomic E-state index is 0.0855. The van der Waals surface area contributed by atoms with Crippen LogP contribution in [-0.2, 0) is 0 Å². The molecule has 1 aromatic carbocycles. The highest BCUT2D eigenvalue weighted by Crippen LogP contribution is 2.17. The third-order valence-electron chi connectivity index (χ3n) is 2.24. The highest BCUT2D eigenvalue weighted by molar-refractivity contribution is 9.10. The molecule has 0 amide bonds. The Morgan fingerprint density at radius 2 is 2.25 bits per heavy atom. The molecule has 0 aliphatic rings. The van der Waals surface area contributed by atoms with E-state index in [1.807, 2.05) is 0 Å². The number of hydrogen-bond acceptors (Lipinski definition) is 3. The molecule has 0 aliphatic carbocycles. The van der Waals surface area contributed by atoms with E-state index in [1.54, 1.807) is 18.2 Å². The number of halogens is 1. The van der Waals surface area contributed by atoms with Gasteiger partial charge in [-0.2, -0.15) is 4.73 Å². The van der Waals surface area contributed by atoms with Crippen LogP contribution in [0, 0.1) is 12.1 Å². The van der Waals surface area contributed by atoms with Gasteiger partial charge in [-0.05, 0) is 12.1 Å². The molecule has 1 aromatic heterocycles. The summed E-state index contributed by atoms with van der Waals surface area (Å²) in [5.41, 5.74) is 0.570. The summed E-state index contributed by atoms with van der Waals surface area (Å²) < 4.78 is 1.32. The maximum absolute atomic E-state index is 11.8. The molecule has 0 spiro atoms. The summed E-state index contributed by atoms with van der Waals surface area (Å²) in [6, 6.07) is 4.91. The zero-order valence-electron chi connectivity index (χ0n) is 8.27. The largest absolute Gasteiger partial charge is 0.618 e. The van der Waals surface area contributed by atoms with Crippen molar-refractivity contribution in [1.82, 2.24) is 4.98 Å². The van der Waals surface area contributed by atoms with E-state index >= 15 is 0 Å². The molecule has 0 atom stereocenters. The van der Waals surface area contributed by atoms with Gasteiger partial charge in [-0.25, -0.2) is 9.78 Å². The van der Waals surface area contributed by atoms with Crippen LogP contribution in [0.4, 0.5) is 0 Å². The van der Waals surface area contributed by atoms with Gasteiger partial charge in [-0.15, -0.1) is 0 Å². The number of hydrogen-bond donors (Lipinski definition) is 1. The quantitative estimate of drug-likeness (QED) is 0.637. The minimum Gasteiger partial charge on any atom is -0.618 e. The van der Waals surface area contributed by atoms with Gasteiger partial charge >= 0.3 is 5.97 Å². The zero-order chi connectivity index (χ0) is 11.9. The van der Waals surface area contributed by atoms with Crippen LogP contribution in [0.15, 0.2) is 22.7 Å². The van der Waals surface area contributed by atoms with Gasteiger partial charge < -0.3 is 10.3 Å². The summed E-state index contributed by atoms with van der Waals surface area (Å²) in [6.07, 6.45) is 0. The normalized spacial score (nSPS) is 10.6. The lowest BCUT2D eigenvalue weighted by Gasteiger charge is -2.06. The van der Waals surface area contributed by atoms with E-state index in [2.05, 4.69) is 20.9 Å². The number of carboxylic acid groups (broad SMARTS) is 1. The second-order valence-electron chi connectivity index (χ2n) is 3.28. The predicted octanol–water partition coefficient (Wildman–Crippen LogP) is 1.64. The number of carboxylic acids is 1. The summed E-state index contributed by atoms with van der Waals surface area (Å²) in [6.45, 7) is 1.44. The minimum atomic E-state index is -1.20. The summed E-state index contributed by atoms with van der Waals surface area (Å²) in [4.78, 5) is 14.8. The van der Waals surface area contributed by atoms with Gasteiger partial charge in [0.1, 0.15) is 5.52 Å². The average Bonchev–Trinajstić information content (AvgIpc) is 2.22. The molecule has 5 nitrogen and oxygen atoms in total. The first-order chi connectivity index (χ1) is 7.50. The number of fused-ring (bicyclic) bond motifs is 1. The van der Waals surface area contributed by atoms with Crippen LogP contribution >= 0.6 is 15.9 Å². The van der Waals surface area contributed by atoms with E-state index in [1.165, 1.54) is 6.92 Å². The summed E-state index contributed by atoms with van der Waals surface area (Å²) >= 11 is 3.24. The zero-order valence-corrected chi connectivity index (χ0v) is 9.85. The highest BCUT2D eigenvalue weighted by atomic mass is 79.9. The Balaban J connectivity index is 2.88. The highest BCUT2D eigenvalue weighted by Gasteiger charge is 2.20. The molecular formula is C10H7BrN2O3. The van der Waals surface area contributed by atoms with Crippen LogP contribution in [0.5, 0.6) is 0 Å².